The van der Waals surface area contributed by atoms with Crippen LogP contribution in [0.25, 0.3) is 5.69 Å². The second-order valence-electron chi connectivity index (χ2n) is 6.53. The largest absolute Gasteiger partial charge is 0.493 e. The predicted molar refractivity (Wildman–Crippen MR) is 99.1 cm³/mol. The molecule has 0 aliphatic heterocycles. The zero-order valence-corrected chi connectivity index (χ0v) is 15.6. The van der Waals surface area contributed by atoms with Gasteiger partial charge in [-0.05, 0) is 35.9 Å². The minimum absolute atomic E-state index is 0.0700. The Morgan fingerprint density at radius 2 is 1.81 bits per heavy atom. The van der Waals surface area contributed by atoms with E-state index in [0.29, 0.717) is 0 Å². The molecule has 7 nitrogen and oxygen atoms in total. The molecule has 1 amide bonds. The van der Waals surface area contributed by atoms with E-state index in [4.69, 9.17) is 5.11 Å². The van der Waals surface area contributed by atoms with E-state index in [-0.39, 0.29) is 16.9 Å². The number of benzene rings is 2. The normalized spacial score (nSPS) is 12.4. The Balaban J connectivity index is 1.89. The predicted octanol–water partition coefficient (Wildman–Crippen LogP) is 3.68. The van der Waals surface area contributed by atoms with Crippen molar-refractivity contribution in [3.63, 3.8) is 0 Å². The number of alkyl halides is 3. The third-order valence-corrected chi connectivity index (χ3v) is 4.28. The lowest BCUT2D eigenvalue weighted by Gasteiger charge is -2.18. The fraction of sp³-hybridized carbons (Fsp3) is 0.150. The highest BCUT2D eigenvalue weighted by molar-refractivity contribution is 5.93. The van der Waals surface area contributed by atoms with Crippen molar-refractivity contribution in [3.8, 4) is 11.6 Å². The molecule has 1 aromatic heterocycles. The van der Waals surface area contributed by atoms with Crippen molar-refractivity contribution in [2.24, 2.45) is 0 Å². The maximum Gasteiger partial charge on any atom is 0.416 e. The van der Waals surface area contributed by atoms with Gasteiger partial charge in [0.15, 0.2) is 5.69 Å². The second-order valence-corrected chi connectivity index (χ2v) is 6.53. The van der Waals surface area contributed by atoms with Gasteiger partial charge < -0.3 is 15.5 Å². The van der Waals surface area contributed by atoms with Crippen LogP contribution in [0.1, 0.15) is 34.1 Å². The number of hydrogen-bond acceptors (Lipinski definition) is 4. The summed E-state index contributed by atoms with van der Waals surface area (Å²) in [5.41, 5.74) is -1.29. The van der Waals surface area contributed by atoms with Gasteiger partial charge in [-0.25, -0.2) is 9.07 Å². The first kappa shape index (κ1) is 21.8. The number of carbonyl (C=O) groups is 2. The SMILES string of the molecule is O=C(O)C[C@H](NC(=O)c1cc(O)n(-c2cccc(F)c2)n1)c1cccc(C(F)(F)F)c1. The van der Waals surface area contributed by atoms with Crippen molar-refractivity contribution in [2.75, 3.05) is 0 Å². The summed E-state index contributed by atoms with van der Waals surface area (Å²) < 4.78 is 53.3. The molecule has 3 N–H and O–H groups in total. The van der Waals surface area contributed by atoms with Crippen LogP contribution in [-0.2, 0) is 11.0 Å². The Morgan fingerprint density at radius 1 is 1.10 bits per heavy atom. The van der Waals surface area contributed by atoms with E-state index in [0.717, 1.165) is 35.0 Å². The van der Waals surface area contributed by atoms with E-state index in [9.17, 15) is 32.3 Å². The highest BCUT2D eigenvalue weighted by atomic mass is 19.4. The highest BCUT2D eigenvalue weighted by Gasteiger charge is 2.31. The molecule has 0 bridgehead atoms. The third-order valence-electron chi connectivity index (χ3n) is 4.28. The van der Waals surface area contributed by atoms with Gasteiger partial charge in [-0.2, -0.15) is 18.3 Å². The van der Waals surface area contributed by atoms with E-state index in [2.05, 4.69) is 10.4 Å². The average Bonchev–Trinajstić information content (AvgIpc) is 3.08. The van der Waals surface area contributed by atoms with Crippen LogP contribution in [0, 0.1) is 5.82 Å². The molecule has 3 aromatic rings. The van der Waals surface area contributed by atoms with Gasteiger partial charge in [-0.1, -0.05) is 18.2 Å². The molecule has 1 atom stereocenters. The van der Waals surface area contributed by atoms with E-state index in [1.54, 1.807) is 0 Å². The van der Waals surface area contributed by atoms with Gasteiger partial charge in [0.25, 0.3) is 5.91 Å². The first-order valence-corrected chi connectivity index (χ1v) is 8.79. The summed E-state index contributed by atoms with van der Waals surface area (Å²) >= 11 is 0. The van der Waals surface area contributed by atoms with Crippen LogP contribution in [0.3, 0.4) is 0 Å². The molecule has 0 spiro atoms. The van der Waals surface area contributed by atoms with Gasteiger partial charge in [-0.15, -0.1) is 0 Å². The van der Waals surface area contributed by atoms with Crippen LogP contribution in [0.2, 0.25) is 0 Å². The lowest BCUT2D eigenvalue weighted by molar-refractivity contribution is -0.138. The number of aliphatic carboxylic acids is 1. The van der Waals surface area contributed by atoms with Crippen molar-refractivity contribution < 1.29 is 37.4 Å². The minimum Gasteiger partial charge on any atom is -0.493 e. The lowest BCUT2D eigenvalue weighted by Crippen LogP contribution is -2.30. The molecule has 0 saturated carbocycles. The van der Waals surface area contributed by atoms with Crippen molar-refractivity contribution in [1.29, 1.82) is 0 Å². The number of aromatic nitrogens is 2. The number of hydrogen-bond donors (Lipinski definition) is 3. The zero-order valence-electron chi connectivity index (χ0n) is 15.6. The molecule has 31 heavy (non-hydrogen) atoms. The number of amides is 1. The zero-order chi connectivity index (χ0) is 22.8. The van der Waals surface area contributed by atoms with Crippen molar-refractivity contribution >= 4 is 11.9 Å². The van der Waals surface area contributed by atoms with Gasteiger partial charge >= 0.3 is 12.1 Å². The molecule has 0 aliphatic rings. The molecule has 0 aliphatic carbocycles. The average molecular weight is 437 g/mol. The fourth-order valence-corrected chi connectivity index (χ4v) is 2.87. The quantitative estimate of drug-likeness (QED) is 0.511. The highest BCUT2D eigenvalue weighted by Crippen LogP contribution is 2.31. The van der Waals surface area contributed by atoms with E-state index >= 15 is 0 Å². The Bertz CT molecular complexity index is 1130. The van der Waals surface area contributed by atoms with Gasteiger partial charge in [-0.3, -0.25) is 9.59 Å². The van der Waals surface area contributed by atoms with Gasteiger partial charge in [0.1, 0.15) is 5.82 Å². The number of aromatic hydroxyl groups is 1. The summed E-state index contributed by atoms with van der Waals surface area (Å²) in [6.45, 7) is 0. The third kappa shape index (κ3) is 5.18. The molecule has 0 fully saturated rings. The molecular weight excluding hydrogens is 422 g/mol. The standard InChI is InChI=1S/C20H15F4N3O4/c21-13-5-2-6-14(8-13)27-17(28)9-16(26-27)19(31)25-15(10-18(29)30)11-3-1-4-12(7-11)20(22,23)24/h1-9,15,28H,10H2,(H,25,31)(H,29,30)/t15-/m0/s1. The van der Waals surface area contributed by atoms with Crippen molar-refractivity contribution in [1.82, 2.24) is 15.1 Å². The Kier molecular flexibility index (Phi) is 5.95. The number of carboxylic acid groups (broad SMARTS) is 1. The van der Waals surface area contributed by atoms with Crippen LogP contribution in [-0.4, -0.2) is 31.9 Å². The topological polar surface area (TPSA) is 104 Å². The van der Waals surface area contributed by atoms with Crippen LogP contribution >= 0.6 is 0 Å². The molecule has 11 heteroatoms. The smallest absolute Gasteiger partial charge is 0.416 e. The summed E-state index contributed by atoms with van der Waals surface area (Å²) in [4.78, 5) is 23.8. The van der Waals surface area contributed by atoms with Crippen LogP contribution < -0.4 is 5.32 Å². The molecule has 0 unspecified atom stereocenters. The molecule has 3 rings (SSSR count). The second kappa shape index (κ2) is 8.46. The first-order chi connectivity index (χ1) is 14.5. The molecule has 162 valence electrons. The van der Waals surface area contributed by atoms with Crippen molar-refractivity contribution in [3.05, 3.63) is 77.2 Å². The summed E-state index contributed by atoms with van der Waals surface area (Å²) in [7, 11) is 0. The van der Waals surface area contributed by atoms with E-state index in [1.807, 2.05) is 0 Å². The van der Waals surface area contributed by atoms with Crippen molar-refractivity contribution in [2.45, 2.75) is 18.6 Å². The summed E-state index contributed by atoms with van der Waals surface area (Å²) in [5.74, 6) is -3.39. The van der Waals surface area contributed by atoms with Gasteiger partial charge in [0.05, 0.1) is 23.7 Å². The monoisotopic (exact) mass is 437 g/mol. The molecule has 0 saturated heterocycles. The summed E-state index contributed by atoms with van der Waals surface area (Å²) in [6, 6.07) is 8.61. The van der Waals surface area contributed by atoms with Crippen LogP contribution in [0.4, 0.5) is 17.6 Å². The number of carbonyl (C=O) groups excluding carboxylic acids is 1. The maximum atomic E-state index is 13.4. The van der Waals surface area contributed by atoms with E-state index in [1.165, 1.54) is 24.3 Å². The molecule has 0 radical (unpaired) electrons. The van der Waals surface area contributed by atoms with Crippen LogP contribution in [0.5, 0.6) is 5.88 Å². The Labute approximate surface area is 172 Å². The number of halogens is 4. The van der Waals surface area contributed by atoms with E-state index < -0.39 is 47.8 Å². The molecule has 2 aromatic carbocycles. The van der Waals surface area contributed by atoms with Gasteiger partial charge in [0.2, 0.25) is 5.88 Å². The number of nitrogens with one attached hydrogen (secondary N) is 1. The maximum absolute atomic E-state index is 13.4. The molecular formula is C20H15F4N3O4. The first-order valence-electron chi connectivity index (χ1n) is 8.79. The summed E-state index contributed by atoms with van der Waals surface area (Å²) in [6.07, 6.45) is -5.34. The Hall–Kier alpha value is -3.89. The lowest BCUT2D eigenvalue weighted by atomic mass is 10.0. The van der Waals surface area contributed by atoms with Crippen LogP contribution in [0.15, 0.2) is 54.6 Å². The fourth-order valence-electron chi connectivity index (χ4n) is 2.87. The van der Waals surface area contributed by atoms with Gasteiger partial charge in [0, 0.05) is 6.07 Å². The minimum atomic E-state index is -4.65. The molecule has 1 heterocycles. The Morgan fingerprint density at radius 3 is 2.45 bits per heavy atom. The summed E-state index contributed by atoms with van der Waals surface area (Å²) in [5, 5.41) is 25.3. The number of nitrogens with zero attached hydrogens (tertiary/aromatic N) is 2. The number of carboxylic acids is 1. The number of rotatable bonds is 6.